The van der Waals surface area contributed by atoms with Crippen LogP contribution in [0, 0.1) is 0 Å². The van der Waals surface area contributed by atoms with Crippen LogP contribution in [0.3, 0.4) is 0 Å². The van der Waals surface area contributed by atoms with Gasteiger partial charge in [-0.3, -0.25) is 9.59 Å². The van der Waals surface area contributed by atoms with Crippen molar-refractivity contribution in [1.29, 1.82) is 0 Å². The predicted molar refractivity (Wildman–Crippen MR) is 111 cm³/mol. The zero-order valence-electron chi connectivity index (χ0n) is 16.2. The number of carbonyl (C=O) groups excluding carboxylic acids is 2. The molecule has 1 aromatic carbocycles. The highest BCUT2D eigenvalue weighted by Gasteiger charge is 2.25. The lowest BCUT2D eigenvalue weighted by molar-refractivity contribution is -0.121. The van der Waals surface area contributed by atoms with Crippen LogP contribution in [0.1, 0.15) is 58.3 Å². The van der Waals surface area contributed by atoms with Gasteiger partial charge in [0.15, 0.2) is 9.84 Å². The maximum absolute atomic E-state index is 12.7. The normalized spacial score (nSPS) is 21.2. The molecule has 28 heavy (non-hydrogen) atoms. The molecule has 2 N–H and O–H groups in total. The van der Waals surface area contributed by atoms with Gasteiger partial charge in [-0.25, -0.2) is 8.42 Å². The second kappa shape index (κ2) is 9.31. The van der Waals surface area contributed by atoms with E-state index in [9.17, 15) is 18.0 Å². The summed E-state index contributed by atoms with van der Waals surface area (Å²) in [6.07, 6.45) is 7.78. The predicted octanol–water partition coefficient (Wildman–Crippen LogP) is 3.51. The fraction of sp³-hybridized carbons (Fsp3) is 0.600. The lowest BCUT2D eigenvalue weighted by Gasteiger charge is -2.22. The van der Waals surface area contributed by atoms with Gasteiger partial charge in [0.25, 0.3) is 0 Å². The minimum Gasteiger partial charge on any atom is -0.353 e. The highest BCUT2D eigenvalue weighted by atomic mass is 32.2. The Morgan fingerprint density at radius 3 is 2.57 bits per heavy atom. The van der Waals surface area contributed by atoms with E-state index >= 15 is 0 Å². The van der Waals surface area contributed by atoms with Crippen molar-refractivity contribution in [3.05, 3.63) is 18.2 Å². The van der Waals surface area contributed by atoms with Crippen LogP contribution in [0.2, 0.25) is 0 Å². The van der Waals surface area contributed by atoms with Crippen molar-refractivity contribution in [2.75, 3.05) is 11.1 Å². The number of rotatable bonds is 5. The topological polar surface area (TPSA) is 92.3 Å². The Bertz CT molecular complexity index is 831. The third-order valence-electron chi connectivity index (χ3n) is 5.31. The van der Waals surface area contributed by atoms with Gasteiger partial charge in [-0.15, -0.1) is 11.8 Å². The molecule has 1 saturated carbocycles. The lowest BCUT2D eigenvalue weighted by atomic mass is 9.97. The first kappa shape index (κ1) is 21.2. The third kappa shape index (κ3) is 5.50. The van der Waals surface area contributed by atoms with Gasteiger partial charge in [0.2, 0.25) is 11.8 Å². The van der Waals surface area contributed by atoms with Crippen LogP contribution in [0.25, 0.3) is 0 Å². The third-order valence-corrected chi connectivity index (χ3v) is 8.20. The molecule has 1 aliphatic carbocycles. The molecule has 2 amide bonds. The highest BCUT2D eigenvalue weighted by Crippen LogP contribution is 2.36. The number of amides is 2. The Morgan fingerprint density at radius 1 is 1.18 bits per heavy atom. The smallest absolute Gasteiger partial charge is 0.237 e. The van der Waals surface area contributed by atoms with Crippen LogP contribution in [-0.2, 0) is 19.4 Å². The molecule has 1 fully saturated rings. The van der Waals surface area contributed by atoms with Crippen molar-refractivity contribution in [2.45, 2.75) is 79.4 Å². The number of carbonyl (C=O) groups is 2. The molecule has 3 rings (SSSR count). The number of anilines is 1. The van der Waals surface area contributed by atoms with E-state index in [2.05, 4.69) is 10.6 Å². The molecule has 1 atom stereocenters. The van der Waals surface area contributed by atoms with Gasteiger partial charge in [-0.05, 0) is 38.0 Å². The van der Waals surface area contributed by atoms with Crippen LogP contribution in [0.4, 0.5) is 5.69 Å². The summed E-state index contributed by atoms with van der Waals surface area (Å²) < 4.78 is 25.3. The Kier molecular flexibility index (Phi) is 7.04. The summed E-state index contributed by atoms with van der Waals surface area (Å²) in [7, 11) is -3.60. The average Bonchev–Trinajstić information content (AvgIpc) is 2.63. The van der Waals surface area contributed by atoms with Gasteiger partial charge >= 0.3 is 0 Å². The molecule has 6 nitrogen and oxygen atoms in total. The second-order valence-corrected chi connectivity index (χ2v) is 11.1. The molecule has 1 heterocycles. The fourth-order valence-corrected chi connectivity index (χ4v) is 5.82. The summed E-state index contributed by atoms with van der Waals surface area (Å²) in [5, 5.41) is 5.55. The van der Waals surface area contributed by atoms with Crippen LogP contribution >= 0.6 is 11.8 Å². The SMILES string of the molecule is C[C@H]1Sc2ccc(S(=O)(=O)CCC(=O)NC3CCCCCCC3)cc2NC1=O. The van der Waals surface area contributed by atoms with Gasteiger partial charge in [-0.2, -0.15) is 0 Å². The number of sulfone groups is 1. The number of benzene rings is 1. The minimum atomic E-state index is -3.60. The average molecular weight is 425 g/mol. The number of nitrogens with one attached hydrogen (secondary N) is 2. The van der Waals surface area contributed by atoms with E-state index in [0.717, 1.165) is 30.6 Å². The lowest BCUT2D eigenvalue weighted by Crippen LogP contribution is -2.36. The number of hydrogen-bond donors (Lipinski definition) is 2. The number of fused-ring (bicyclic) bond motifs is 1. The first-order valence-electron chi connectivity index (χ1n) is 9.99. The number of hydrogen-bond acceptors (Lipinski definition) is 5. The molecule has 2 aliphatic rings. The van der Waals surface area contributed by atoms with E-state index < -0.39 is 9.84 Å². The summed E-state index contributed by atoms with van der Waals surface area (Å²) in [6.45, 7) is 1.81. The maximum Gasteiger partial charge on any atom is 0.237 e. The van der Waals surface area contributed by atoms with Crippen molar-refractivity contribution >= 4 is 39.1 Å². The zero-order valence-corrected chi connectivity index (χ0v) is 17.8. The van der Waals surface area contributed by atoms with E-state index in [1.54, 1.807) is 12.1 Å². The van der Waals surface area contributed by atoms with Crippen molar-refractivity contribution < 1.29 is 18.0 Å². The first-order chi connectivity index (χ1) is 13.3. The zero-order chi connectivity index (χ0) is 20.1. The molecule has 8 heteroatoms. The van der Waals surface area contributed by atoms with Crippen LogP contribution in [-0.4, -0.2) is 37.3 Å². The Hall–Kier alpha value is -1.54. The van der Waals surface area contributed by atoms with Crippen molar-refractivity contribution in [2.24, 2.45) is 0 Å². The summed E-state index contributed by atoms with van der Waals surface area (Å²) in [5.41, 5.74) is 0.521. The Morgan fingerprint density at radius 2 is 1.86 bits per heavy atom. The van der Waals surface area contributed by atoms with Crippen molar-refractivity contribution in [3.8, 4) is 0 Å². The van der Waals surface area contributed by atoms with Gasteiger partial charge in [-0.1, -0.05) is 32.1 Å². The molecular formula is C20H28N2O4S2. The quantitative estimate of drug-likeness (QED) is 0.755. The van der Waals surface area contributed by atoms with E-state index in [4.69, 9.17) is 0 Å². The molecule has 0 spiro atoms. The Labute approximate surface area is 171 Å². The fourth-order valence-electron chi connectivity index (χ4n) is 3.63. The van der Waals surface area contributed by atoms with Gasteiger partial charge < -0.3 is 10.6 Å². The van der Waals surface area contributed by atoms with E-state index in [1.165, 1.54) is 37.1 Å². The molecule has 0 bridgehead atoms. The molecular weight excluding hydrogens is 396 g/mol. The van der Waals surface area contributed by atoms with Gasteiger partial charge in [0.05, 0.1) is 21.6 Å². The molecule has 0 aromatic heterocycles. The monoisotopic (exact) mass is 424 g/mol. The van der Waals surface area contributed by atoms with E-state index in [0.29, 0.717) is 5.69 Å². The van der Waals surface area contributed by atoms with Gasteiger partial charge in [0, 0.05) is 17.4 Å². The number of thioether (sulfide) groups is 1. The standard InChI is InChI=1S/C20H28N2O4S2/c1-14-20(24)22-17-13-16(9-10-18(17)27-14)28(25,26)12-11-19(23)21-15-7-5-3-2-4-6-8-15/h9-10,13-15H,2-8,11-12H2,1H3,(H,21,23)(H,22,24)/t14-/m1/s1. The summed E-state index contributed by atoms with van der Waals surface area (Å²) >= 11 is 1.41. The van der Waals surface area contributed by atoms with E-state index in [1.807, 2.05) is 6.92 Å². The molecule has 0 unspecified atom stereocenters. The largest absolute Gasteiger partial charge is 0.353 e. The molecule has 1 aliphatic heterocycles. The summed E-state index contributed by atoms with van der Waals surface area (Å²) in [5.74, 6) is -0.572. The maximum atomic E-state index is 12.7. The Balaban J connectivity index is 1.58. The van der Waals surface area contributed by atoms with Crippen LogP contribution in [0.5, 0.6) is 0 Å². The summed E-state index contributed by atoms with van der Waals surface area (Å²) in [6, 6.07) is 4.93. The van der Waals surface area contributed by atoms with E-state index in [-0.39, 0.29) is 40.2 Å². The van der Waals surface area contributed by atoms with Crippen LogP contribution < -0.4 is 10.6 Å². The minimum absolute atomic E-state index is 0.0476. The highest BCUT2D eigenvalue weighted by molar-refractivity contribution is 8.01. The van der Waals surface area contributed by atoms with Crippen LogP contribution in [0.15, 0.2) is 28.0 Å². The van der Waals surface area contributed by atoms with Crippen molar-refractivity contribution in [3.63, 3.8) is 0 Å². The molecule has 154 valence electrons. The second-order valence-electron chi connectivity index (χ2n) is 7.59. The van der Waals surface area contributed by atoms with Gasteiger partial charge in [0.1, 0.15) is 0 Å². The molecule has 0 saturated heterocycles. The summed E-state index contributed by atoms with van der Waals surface area (Å²) in [4.78, 5) is 25.1. The van der Waals surface area contributed by atoms with Crippen molar-refractivity contribution in [1.82, 2.24) is 5.32 Å². The first-order valence-corrected chi connectivity index (χ1v) is 12.5. The molecule has 0 radical (unpaired) electrons. The molecule has 1 aromatic rings.